The zero-order chi connectivity index (χ0) is 21.3. The Morgan fingerprint density at radius 2 is 1.87 bits per heavy atom. The largest absolute Gasteiger partial charge is 0.469 e. The van der Waals surface area contributed by atoms with Crippen LogP contribution in [0.25, 0.3) is 0 Å². The predicted octanol–water partition coefficient (Wildman–Crippen LogP) is 4.39. The highest BCUT2D eigenvalue weighted by Crippen LogP contribution is 2.19. The SMILES string of the molecule is C=C(C)CN=C(NCCc1ccco1)NC1CCC(NC(=O)OC(C)(C)C)CC1.I. The Labute approximate surface area is 197 Å². The van der Waals surface area contributed by atoms with Crippen molar-refractivity contribution in [3.8, 4) is 0 Å². The van der Waals surface area contributed by atoms with Crippen molar-refractivity contribution in [1.29, 1.82) is 0 Å². The standard InChI is InChI=1S/C22H36N4O3.HI/c1-16(2)15-24-20(23-13-12-19-7-6-14-28-19)25-17-8-10-18(11-9-17)26-21(27)29-22(3,4)5;/h6-7,14,17-18H,1,8-13,15H2,2-5H3,(H,26,27)(H2,23,24,25);1H. The minimum absolute atomic E-state index is 0. The highest BCUT2D eigenvalue weighted by Gasteiger charge is 2.25. The molecule has 30 heavy (non-hydrogen) atoms. The number of furan rings is 1. The molecule has 0 bridgehead atoms. The minimum Gasteiger partial charge on any atom is -0.469 e. The van der Waals surface area contributed by atoms with E-state index in [-0.39, 0.29) is 36.1 Å². The van der Waals surface area contributed by atoms with Crippen molar-refractivity contribution in [2.45, 2.75) is 77.5 Å². The van der Waals surface area contributed by atoms with Crippen LogP contribution < -0.4 is 16.0 Å². The van der Waals surface area contributed by atoms with Gasteiger partial charge in [-0.25, -0.2) is 9.79 Å². The monoisotopic (exact) mass is 532 g/mol. The van der Waals surface area contributed by atoms with Crippen molar-refractivity contribution in [3.05, 3.63) is 36.3 Å². The first-order valence-electron chi connectivity index (χ1n) is 10.4. The number of hydrogen-bond acceptors (Lipinski definition) is 4. The summed E-state index contributed by atoms with van der Waals surface area (Å²) in [6.45, 7) is 12.8. The van der Waals surface area contributed by atoms with Gasteiger partial charge in [0.25, 0.3) is 0 Å². The van der Waals surface area contributed by atoms with Gasteiger partial charge in [0.1, 0.15) is 11.4 Å². The van der Waals surface area contributed by atoms with E-state index in [0.717, 1.165) is 55.9 Å². The Morgan fingerprint density at radius 1 is 1.23 bits per heavy atom. The maximum absolute atomic E-state index is 12.0. The number of nitrogens with zero attached hydrogens (tertiary/aromatic N) is 1. The highest BCUT2D eigenvalue weighted by molar-refractivity contribution is 14.0. The molecule has 0 saturated heterocycles. The Bertz CT molecular complexity index is 675. The number of hydrogen-bond donors (Lipinski definition) is 3. The molecule has 0 aliphatic heterocycles. The highest BCUT2D eigenvalue weighted by atomic mass is 127. The molecule has 0 spiro atoms. The predicted molar refractivity (Wildman–Crippen MR) is 131 cm³/mol. The first-order valence-corrected chi connectivity index (χ1v) is 10.4. The lowest BCUT2D eigenvalue weighted by molar-refractivity contribution is 0.0490. The van der Waals surface area contributed by atoms with Crippen molar-refractivity contribution in [3.63, 3.8) is 0 Å². The van der Waals surface area contributed by atoms with Crippen LogP contribution in [0, 0.1) is 0 Å². The van der Waals surface area contributed by atoms with Gasteiger partial charge in [-0.05, 0) is 65.5 Å². The van der Waals surface area contributed by atoms with E-state index in [0.29, 0.717) is 12.6 Å². The molecule has 1 aliphatic rings. The lowest BCUT2D eigenvalue weighted by atomic mass is 9.91. The zero-order valence-electron chi connectivity index (χ0n) is 18.6. The Hall–Kier alpha value is -1.71. The summed E-state index contributed by atoms with van der Waals surface area (Å²) < 4.78 is 10.7. The quantitative estimate of drug-likeness (QED) is 0.210. The first kappa shape index (κ1) is 26.3. The molecule has 0 atom stereocenters. The number of carbonyl (C=O) groups excluding carboxylic acids is 1. The summed E-state index contributed by atoms with van der Waals surface area (Å²) in [7, 11) is 0. The van der Waals surface area contributed by atoms with Gasteiger partial charge in [-0.1, -0.05) is 12.2 Å². The number of nitrogens with one attached hydrogen (secondary N) is 3. The van der Waals surface area contributed by atoms with E-state index in [1.54, 1.807) is 6.26 Å². The van der Waals surface area contributed by atoms with Crippen LogP contribution in [0.1, 0.15) is 59.1 Å². The second kappa shape index (κ2) is 12.9. The van der Waals surface area contributed by atoms with Crippen molar-refractivity contribution in [2.75, 3.05) is 13.1 Å². The number of halogens is 1. The van der Waals surface area contributed by atoms with Gasteiger partial charge in [0.15, 0.2) is 5.96 Å². The number of amides is 1. The molecule has 1 amide bonds. The van der Waals surface area contributed by atoms with Gasteiger partial charge >= 0.3 is 6.09 Å². The second-order valence-electron chi connectivity index (χ2n) is 8.72. The van der Waals surface area contributed by atoms with Crippen LogP contribution in [0.3, 0.4) is 0 Å². The van der Waals surface area contributed by atoms with Crippen LogP contribution in [0.5, 0.6) is 0 Å². The molecule has 1 aromatic heterocycles. The zero-order valence-corrected chi connectivity index (χ0v) is 21.0. The maximum atomic E-state index is 12.0. The summed E-state index contributed by atoms with van der Waals surface area (Å²) in [6.07, 6.45) is 5.91. The third-order valence-electron chi connectivity index (χ3n) is 4.54. The van der Waals surface area contributed by atoms with E-state index in [1.165, 1.54) is 0 Å². The molecule has 0 radical (unpaired) electrons. The molecule has 1 saturated carbocycles. The van der Waals surface area contributed by atoms with Gasteiger partial charge in [-0.15, -0.1) is 24.0 Å². The van der Waals surface area contributed by atoms with Gasteiger partial charge in [-0.2, -0.15) is 0 Å². The summed E-state index contributed by atoms with van der Waals surface area (Å²) in [5.41, 5.74) is 0.543. The van der Waals surface area contributed by atoms with Gasteiger partial charge in [0, 0.05) is 25.0 Å². The van der Waals surface area contributed by atoms with E-state index >= 15 is 0 Å². The third kappa shape index (κ3) is 10.9. The molecule has 2 rings (SSSR count). The maximum Gasteiger partial charge on any atom is 0.407 e. The lowest BCUT2D eigenvalue weighted by Gasteiger charge is -2.31. The van der Waals surface area contributed by atoms with E-state index in [1.807, 2.05) is 39.8 Å². The van der Waals surface area contributed by atoms with Crippen molar-refractivity contribution in [1.82, 2.24) is 16.0 Å². The molecule has 3 N–H and O–H groups in total. The molecule has 8 heteroatoms. The van der Waals surface area contributed by atoms with Crippen LogP contribution in [-0.4, -0.2) is 42.8 Å². The van der Waals surface area contributed by atoms with Gasteiger partial charge in [0.05, 0.1) is 12.8 Å². The van der Waals surface area contributed by atoms with Gasteiger partial charge < -0.3 is 25.1 Å². The van der Waals surface area contributed by atoms with Crippen LogP contribution in [-0.2, 0) is 11.2 Å². The first-order chi connectivity index (χ1) is 13.7. The van der Waals surface area contributed by atoms with E-state index in [9.17, 15) is 4.79 Å². The van der Waals surface area contributed by atoms with Crippen molar-refractivity contribution < 1.29 is 13.9 Å². The van der Waals surface area contributed by atoms with Crippen LogP contribution in [0.4, 0.5) is 4.79 Å². The van der Waals surface area contributed by atoms with Crippen LogP contribution in [0.2, 0.25) is 0 Å². The van der Waals surface area contributed by atoms with Crippen LogP contribution in [0.15, 0.2) is 40.0 Å². The smallest absolute Gasteiger partial charge is 0.407 e. The summed E-state index contributed by atoms with van der Waals surface area (Å²) in [5.74, 6) is 1.74. The molecule has 1 heterocycles. The normalized spacial score (nSPS) is 19.4. The average Bonchev–Trinajstić information content (AvgIpc) is 3.13. The summed E-state index contributed by atoms with van der Waals surface area (Å²) in [5, 5.41) is 9.89. The minimum atomic E-state index is -0.473. The Kier molecular flexibility index (Phi) is 11.3. The fraction of sp³-hybridized carbons (Fsp3) is 0.636. The topological polar surface area (TPSA) is 87.9 Å². The van der Waals surface area contributed by atoms with Crippen LogP contribution >= 0.6 is 24.0 Å². The summed E-state index contributed by atoms with van der Waals surface area (Å²) >= 11 is 0. The number of rotatable bonds is 7. The van der Waals surface area contributed by atoms with Crippen molar-refractivity contribution in [2.24, 2.45) is 4.99 Å². The molecular weight excluding hydrogens is 495 g/mol. The Morgan fingerprint density at radius 3 is 2.40 bits per heavy atom. The molecule has 1 fully saturated rings. The number of ether oxygens (including phenoxy) is 1. The summed E-state index contributed by atoms with van der Waals surface area (Å²) in [4.78, 5) is 16.6. The van der Waals surface area contributed by atoms with Gasteiger partial charge in [-0.3, -0.25) is 0 Å². The van der Waals surface area contributed by atoms with E-state index in [2.05, 4.69) is 27.5 Å². The number of alkyl carbamates (subject to hydrolysis) is 1. The second-order valence-corrected chi connectivity index (χ2v) is 8.72. The van der Waals surface area contributed by atoms with Gasteiger partial charge in [0.2, 0.25) is 0 Å². The molecule has 1 aliphatic carbocycles. The molecule has 7 nitrogen and oxygen atoms in total. The van der Waals surface area contributed by atoms with E-state index < -0.39 is 5.60 Å². The Balaban J connectivity index is 0.00000450. The average molecular weight is 532 g/mol. The van der Waals surface area contributed by atoms with E-state index in [4.69, 9.17) is 9.15 Å². The number of carbonyl (C=O) groups is 1. The lowest BCUT2D eigenvalue weighted by Crippen LogP contribution is -2.48. The molecule has 0 aromatic carbocycles. The fourth-order valence-corrected chi connectivity index (χ4v) is 3.18. The number of guanidine groups is 1. The molecular formula is C22H37IN4O3. The molecule has 1 aromatic rings. The summed E-state index contributed by atoms with van der Waals surface area (Å²) in [6, 6.07) is 4.35. The van der Waals surface area contributed by atoms with Crippen molar-refractivity contribution >= 4 is 36.0 Å². The fourth-order valence-electron chi connectivity index (χ4n) is 3.18. The molecule has 0 unspecified atom stereocenters. The molecule has 170 valence electrons. The third-order valence-corrected chi connectivity index (χ3v) is 4.54. The number of aliphatic imine (C=N–C) groups is 1.